The normalized spacial score (nSPS) is 16.1. The van der Waals surface area contributed by atoms with E-state index in [2.05, 4.69) is 61.3 Å². The van der Waals surface area contributed by atoms with Gasteiger partial charge in [-0.05, 0) is 31.5 Å². The quantitative estimate of drug-likeness (QED) is 0.547. The molecule has 0 radical (unpaired) electrons. The van der Waals surface area contributed by atoms with Crippen LogP contribution < -0.4 is 5.32 Å². The Hall–Kier alpha value is -2.36. The molecule has 7 nitrogen and oxygen atoms in total. The van der Waals surface area contributed by atoms with E-state index in [9.17, 15) is 0 Å². The van der Waals surface area contributed by atoms with Gasteiger partial charge in [0.2, 0.25) is 5.13 Å². The van der Waals surface area contributed by atoms with Crippen LogP contribution in [0.15, 0.2) is 29.9 Å². The highest BCUT2D eigenvalue weighted by molar-refractivity contribution is 7.16. The number of anilines is 2. The molecular formula is C19H21N7S2. The number of aromatic nitrogens is 5. The second-order valence-electron chi connectivity index (χ2n) is 7.03. The number of nitrogens with zero attached hydrogens (tertiary/aromatic N) is 6. The third-order valence-electron chi connectivity index (χ3n) is 5.26. The molecule has 1 aliphatic rings. The predicted octanol–water partition coefficient (Wildman–Crippen LogP) is 4.02. The van der Waals surface area contributed by atoms with Crippen LogP contribution in [0.4, 0.5) is 10.9 Å². The molecule has 4 heterocycles. The van der Waals surface area contributed by atoms with Crippen LogP contribution in [0.2, 0.25) is 0 Å². The molecule has 1 aromatic carbocycles. The molecule has 4 aromatic rings. The Morgan fingerprint density at radius 1 is 1.18 bits per heavy atom. The molecule has 9 heteroatoms. The lowest BCUT2D eigenvalue weighted by molar-refractivity contribution is 0.215. The van der Waals surface area contributed by atoms with Gasteiger partial charge in [0.05, 0.1) is 15.7 Å². The number of fused-ring (bicyclic) bond motifs is 2. The lowest BCUT2D eigenvalue weighted by Crippen LogP contribution is -2.30. The number of aryl methyl sites for hydroxylation is 1. The van der Waals surface area contributed by atoms with Gasteiger partial charge in [-0.2, -0.15) is 0 Å². The SMILES string of the molecule is Cc1nnc(Nc2cn3c(n2)CCN(C(C)c2ccc4scnc4c2)CC3)s1. The highest BCUT2D eigenvalue weighted by Gasteiger charge is 2.21. The summed E-state index contributed by atoms with van der Waals surface area (Å²) in [6.45, 7) is 7.16. The molecule has 0 bridgehead atoms. The molecule has 0 aliphatic carbocycles. The maximum absolute atomic E-state index is 4.77. The molecule has 1 N–H and O–H groups in total. The number of hydrogen-bond donors (Lipinski definition) is 1. The van der Waals surface area contributed by atoms with Crippen LogP contribution in [0, 0.1) is 6.92 Å². The van der Waals surface area contributed by atoms with E-state index < -0.39 is 0 Å². The fraction of sp³-hybridized carbons (Fsp3) is 0.368. The Kier molecular flexibility index (Phi) is 4.58. The Bertz CT molecular complexity index is 1090. The molecule has 3 aromatic heterocycles. The number of thiazole rings is 1. The van der Waals surface area contributed by atoms with E-state index in [1.54, 1.807) is 22.7 Å². The summed E-state index contributed by atoms with van der Waals surface area (Å²) in [7, 11) is 0. The Morgan fingerprint density at radius 2 is 2.11 bits per heavy atom. The van der Waals surface area contributed by atoms with Gasteiger partial charge in [0, 0.05) is 38.3 Å². The van der Waals surface area contributed by atoms with Crippen molar-refractivity contribution in [2.24, 2.45) is 0 Å². The molecular weight excluding hydrogens is 390 g/mol. The first-order chi connectivity index (χ1) is 13.7. The molecule has 144 valence electrons. The van der Waals surface area contributed by atoms with E-state index in [4.69, 9.17) is 4.98 Å². The molecule has 1 aliphatic heterocycles. The third kappa shape index (κ3) is 3.41. The molecule has 1 atom stereocenters. The van der Waals surface area contributed by atoms with Crippen LogP contribution in [-0.4, -0.2) is 42.7 Å². The van der Waals surface area contributed by atoms with Crippen LogP contribution in [0.3, 0.4) is 0 Å². The minimum Gasteiger partial charge on any atom is -0.331 e. The van der Waals surface area contributed by atoms with E-state index >= 15 is 0 Å². The first-order valence-electron chi connectivity index (χ1n) is 9.36. The second kappa shape index (κ2) is 7.23. The molecule has 0 saturated heterocycles. The van der Waals surface area contributed by atoms with Crippen molar-refractivity contribution in [3.63, 3.8) is 0 Å². The van der Waals surface area contributed by atoms with Crippen molar-refractivity contribution in [3.05, 3.63) is 46.3 Å². The van der Waals surface area contributed by atoms with Crippen molar-refractivity contribution >= 4 is 43.8 Å². The molecule has 28 heavy (non-hydrogen) atoms. The fourth-order valence-electron chi connectivity index (χ4n) is 3.69. The minimum atomic E-state index is 0.359. The number of benzene rings is 1. The fourth-order valence-corrected chi connectivity index (χ4v) is 4.95. The maximum atomic E-state index is 4.77. The Balaban J connectivity index is 1.29. The third-order valence-corrected chi connectivity index (χ3v) is 6.82. The van der Waals surface area contributed by atoms with Crippen LogP contribution in [0.25, 0.3) is 10.2 Å². The summed E-state index contributed by atoms with van der Waals surface area (Å²) in [5.74, 6) is 1.97. The number of nitrogens with one attached hydrogen (secondary N) is 1. The van der Waals surface area contributed by atoms with E-state index in [0.29, 0.717) is 6.04 Å². The summed E-state index contributed by atoms with van der Waals surface area (Å²) in [4.78, 5) is 11.8. The molecule has 0 saturated carbocycles. The van der Waals surface area contributed by atoms with E-state index in [1.807, 2.05) is 12.4 Å². The molecule has 1 unspecified atom stereocenters. The van der Waals surface area contributed by atoms with Gasteiger partial charge in [-0.1, -0.05) is 17.4 Å². The Labute approximate surface area is 171 Å². The van der Waals surface area contributed by atoms with Gasteiger partial charge in [0.25, 0.3) is 0 Å². The van der Waals surface area contributed by atoms with Gasteiger partial charge >= 0.3 is 0 Å². The topological polar surface area (TPSA) is 71.8 Å². The Morgan fingerprint density at radius 3 is 2.96 bits per heavy atom. The first-order valence-corrected chi connectivity index (χ1v) is 11.1. The van der Waals surface area contributed by atoms with Gasteiger partial charge in [-0.3, -0.25) is 4.90 Å². The van der Waals surface area contributed by atoms with Gasteiger partial charge in [0.1, 0.15) is 10.8 Å². The number of imidazole rings is 1. The summed E-state index contributed by atoms with van der Waals surface area (Å²) >= 11 is 3.23. The van der Waals surface area contributed by atoms with Gasteiger partial charge in [-0.15, -0.1) is 21.5 Å². The lowest BCUT2D eigenvalue weighted by atomic mass is 10.1. The average Bonchev–Trinajstić information content (AvgIpc) is 3.39. The zero-order valence-electron chi connectivity index (χ0n) is 15.8. The minimum absolute atomic E-state index is 0.359. The van der Waals surface area contributed by atoms with Gasteiger partial charge < -0.3 is 9.88 Å². The van der Waals surface area contributed by atoms with Gasteiger partial charge in [-0.25, -0.2) is 9.97 Å². The van der Waals surface area contributed by atoms with Crippen molar-refractivity contribution in [1.29, 1.82) is 0 Å². The predicted molar refractivity (Wildman–Crippen MR) is 113 cm³/mol. The monoisotopic (exact) mass is 411 g/mol. The highest BCUT2D eigenvalue weighted by atomic mass is 32.1. The van der Waals surface area contributed by atoms with E-state index in [1.165, 1.54) is 10.3 Å². The van der Waals surface area contributed by atoms with Crippen molar-refractivity contribution in [2.75, 3.05) is 18.4 Å². The number of rotatable bonds is 4. The largest absolute Gasteiger partial charge is 0.331 e. The second-order valence-corrected chi connectivity index (χ2v) is 9.10. The smallest absolute Gasteiger partial charge is 0.211 e. The average molecular weight is 412 g/mol. The van der Waals surface area contributed by atoms with Crippen molar-refractivity contribution in [2.45, 2.75) is 32.9 Å². The zero-order valence-corrected chi connectivity index (χ0v) is 17.4. The summed E-state index contributed by atoms with van der Waals surface area (Å²) in [6.07, 6.45) is 3.02. The van der Waals surface area contributed by atoms with Crippen molar-refractivity contribution in [3.8, 4) is 0 Å². The first kappa shape index (κ1) is 17.7. The van der Waals surface area contributed by atoms with Crippen LogP contribution in [-0.2, 0) is 13.0 Å². The van der Waals surface area contributed by atoms with Crippen LogP contribution in [0.1, 0.15) is 29.4 Å². The van der Waals surface area contributed by atoms with Crippen molar-refractivity contribution in [1.82, 2.24) is 29.6 Å². The lowest BCUT2D eigenvalue weighted by Gasteiger charge is -2.27. The van der Waals surface area contributed by atoms with E-state index in [0.717, 1.165) is 53.4 Å². The summed E-state index contributed by atoms with van der Waals surface area (Å²) in [5.41, 5.74) is 4.34. The number of hydrogen-bond acceptors (Lipinski definition) is 8. The van der Waals surface area contributed by atoms with Crippen LogP contribution >= 0.6 is 22.7 Å². The van der Waals surface area contributed by atoms with Crippen molar-refractivity contribution < 1.29 is 0 Å². The molecule has 0 spiro atoms. The molecule has 0 amide bonds. The summed E-state index contributed by atoms with van der Waals surface area (Å²) in [6, 6.07) is 7.01. The maximum Gasteiger partial charge on any atom is 0.211 e. The standard InChI is InChI=1S/C19H21N7S2/c1-12(14-3-4-16-15(9-14)20-11-27-16)25-6-5-18-21-17(10-26(18)8-7-25)22-19-24-23-13(2)28-19/h3-4,9-12H,5-8H2,1-2H3,(H,22,24). The molecule has 5 rings (SSSR count). The summed E-state index contributed by atoms with van der Waals surface area (Å²) in [5, 5.41) is 13.2. The van der Waals surface area contributed by atoms with E-state index in [-0.39, 0.29) is 0 Å². The zero-order chi connectivity index (χ0) is 19.1. The van der Waals surface area contributed by atoms with Crippen LogP contribution in [0.5, 0.6) is 0 Å². The highest BCUT2D eigenvalue weighted by Crippen LogP contribution is 2.27. The molecule has 0 fully saturated rings. The van der Waals surface area contributed by atoms with Gasteiger partial charge in [0.15, 0.2) is 5.82 Å². The summed E-state index contributed by atoms with van der Waals surface area (Å²) < 4.78 is 3.50.